The second kappa shape index (κ2) is 5.90. The molecule has 0 aromatic heterocycles. The first kappa shape index (κ1) is 15.3. The van der Waals surface area contributed by atoms with Crippen LogP contribution in [0.15, 0.2) is 0 Å². The zero-order valence-electron chi connectivity index (χ0n) is 11.1. The average molecular weight is 272 g/mol. The fourth-order valence-electron chi connectivity index (χ4n) is 2.32. The number of hydrogen-bond donors (Lipinski definition) is 4. The van der Waals surface area contributed by atoms with Gasteiger partial charge >= 0.3 is 18.0 Å². The maximum absolute atomic E-state index is 11.6. The fraction of sp³-hybridized carbons (Fsp3) is 0.750. The van der Waals surface area contributed by atoms with Crippen molar-refractivity contribution in [3.05, 3.63) is 0 Å². The Kier molecular flexibility index (Phi) is 4.74. The molecule has 1 saturated carbocycles. The van der Waals surface area contributed by atoms with E-state index in [1.165, 1.54) is 0 Å². The Morgan fingerprint density at radius 1 is 1.32 bits per heavy atom. The van der Waals surface area contributed by atoms with Crippen LogP contribution in [-0.4, -0.2) is 40.3 Å². The van der Waals surface area contributed by atoms with E-state index in [2.05, 4.69) is 24.5 Å². The van der Waals surface area contributed by atoms with Gasteiger partial charge in [0.25, 0.3) is 0 Å². The molecule has 4 N–H and O–H groups in total. The number of nitrogens with one attached hydrogen (secondary N) is 2. The Morgan fingerprint density at radius 2 is 1.95 bits per heavy atom. The van der Waals surface area contributed by atoms with Crippen LogP contribution in [0.5, 0.6) is 0 Å². The molecule has 0 bridgehead atoms. The van der Waals surface area contributed by atoms with E-state index in [0.29, 0.717) is 0 Å². The normalized spacial score (nSPS) is 22.5. The number of rotatable bonds is 5. The highest BCUT2D eigenvalue weighted by molar-refractivity contribution is 5.86. The number of carbonyl (C=O) groups is 3. The lowest BCUT2D eigenvalue weighted by Crippen LogP contribution is -2.49. The van der Waals surface area contributed by atoms with Crippen LogP contribution >= 0.6 is 0 Å². The highest BCUT2D eigenvalue weighted by atomic mass is 16.4. The predicted molar refractivity (Wildman–Crippen MR) is 66.8 cm³/mol. The van der Waals surface area contributed by atoms with Crippen LogP contribution in [0, 0.1) is 5.41 Å². The van der Waals surface area contributed by atoms with E-state index >= 15 is 0 Å². The lowest BCUT2D eigenvalue weighted by Gasteiger charge is -2.19. The first-order chi connectivity index (χ1) is 8.69. The van der Waals surface area contributed by atoms with Gasteiger partial charge in [-0.1, -0.05) is 13.8 Å². The van der Waals surface area contributed by atoms with E-state index in [1.807, 2.05) is 0 Å². The van der Waals surface area contributed by atoms with Crippen LogP contribution in [0.4, 0.5) is 4.79 Å². The van der Waals surface area contributed by atoms with Gasteiger partial charge in [0.1, 0.15) is 6.04 Å². The number of hydrogen-bond acceptors (Lipinski definition) is 3. The highest BCUT2D eigenvalue weighted by Crippen LogP contribution is 2.36. The monoisotopic (exact) mass is 272 g/mol. The van der Waals surface area contributed by atoms with E-state index in [1.54, 1.807) is 0 Å². The molecule has 1 aliphatic carbocycles. The quantitative estimate of drug-likeness (QED) is 0.590. The van der Waals surface area contributed by atoms with Crippen molar-refractivity contribution in [2.75, 3.05) is 0 Å². The number of carboxylic acids is 2. The second-order valence-corrected chi connectivity index (χ2v) is 5.71. The molecule has 0 aromatic carbocycles. The topological polar surface area (TPSA) is 116 Å². The molecule has 0 aliphatic heterocycles. The van der Waals surface area contributed by atoms with Crippen molar-refractivity contribution in [1.29, 1.82) is 0 Å². The summed E-state index contributed by atoms with van der Waals surface area (Å²) in [6.45, 7) is 4.22. The van der Waals surface area contributed by atoms with Gasteiger partial charge in [0.2, 0.25) is 0 Å². The predicted octanol–water partition coefficient (Wildman–Crippen LogP) is 0.792. The van der Waals surface area contributed by atoms with Crippen LogP contribution < -0.4 is 10.6 Å². The van der Waals surface area contributed by atoms with E-state index in [9.17, 15) is 14.4 Å². The second-order valence-electron chi connectivity index (χ2n) is 5.71. The molecule has 0 radical (unpaired) electrons. The van der Waals surface area contributed by atoms with E-state index in [4.69, 9.17) is 10.2 Å². The van der Waals surface area contributed by atoms with Gasteiger partial charge in [0, 0.05) is 6.04 Å². The summed E-state index contributed by atoms with van der Waals surface area (Å²) in [6.07, 6.45) is 2.03. The molecule has 2 atom stereocenters. The maximum Gasteiger partial charge on any atom is 0.326 e. The largest absolute Gasteiger partial charge is 0.481 e. The number of urea groups is 1. The number of carbonyl (C=O) groups excluding carboxylic acids is 1. The summed E-state index contributed by atoms with van der Waals surface area (Å²) >= 11 is 0. The molecule has 108 valence electrons. The van der Waals surface area contributed by atoms with Crippen molar-refractivity contribution in [3.63, 3.8) is 0 Å². The third kappa shape index (κ3) is 5.15. The molecule has 7 nitrogen and oxygen atoms in total. The average Bonchev–Trinajstić information content (AvgIpc) is 2.56. The van der Waals surface area contributed by atoms with Gasteiger partial charge in [-0.15, -0.1) is 0 Å². The Balaban J connectivity index is 2.45. The molecule has 7 heteroatoms. The van der Waals surface area contributed by atoms with Gasteiger partial charge in [-0.25, -0.2) is 9.59 Å². The minimum atomic E-state index is -1.41. The molecule has 19 heavy (non-hydrogen) atoms. The molecule has 2 amide bonds. The van der Waals surface area contributed by atoms with Crippen molar-refractivity contribution in [3.8, 4) is 0 Å². The van der Waals surface area contributed by atoms with Crippen molar-refractivity contribution in [2.24, 2.45) is 5.41 Å². The molecule has 0 heterocycles. The SMILES string of the molecule is CC1(C)CCC(NC(=O)N[C@H](CC(=O)O)C(=O)O)C1. The Bertz CT molecular complexity index is 380. The van der Waals surface area contributed by atoms with Crippen molar-refractivity contribution < 1.29 is 24.6 Å². The molecular weight excluding hydrogens is 252 g/mol. The number of amides is 2. The summed E-state index contributed by atoms with van der Waals surface area (Å²) in [4.78, 5) is 32.9. The summed E-state index contributed by atoms with van der Waals surface area (Å²) in [5.74, 6) is -2.63. The lowest BCUT2D eigenvalue weighted by molar-refractivity contribution is -0.145. The number of carboxylic acid groups (broad SMARTS) is 2. The van der Waals surface area contributed by atoms with Crippen LogP contribution in [0.1, 0.15) is 39.5 Å². The third-order valence-corrected chi connectivity index (χ3v) is 3.29. The molecule has 1 unspecified atom stereocenters. The Hall–Kier alpha value is -1.79. The molecule has 0 saturated heterocycles. The van der Waals surface area contributed by atoms with Crippen molar-refractivity contribution in [2.45, 2.75) is 51.6 Å². The van der Waals surface area contributed by atoms with Crippen LogP contribution in [0.3, 0.4) is 0 Å². The van der Waals surface area contributed by atoms with Gasteiger partial charge in [-0.05, 0) is 24.7 Å². The summed E-state index contributed by atoms with van der Waals surface area (Å²) in [6, 6.07) is -2.03. The first-order valence-corrected chi connectivity index (χ1v) is 6.21. The summed E-state index contributed by atoms with van der Waals surface area (Å²) in [7, 11) is 0. The zero-order valence-corrected chi connectivity index (χ0v) is 11.1. The first-order valence-electron chi connectivity index (χ1n) is 6.21. The van der Waals surface area contributed by atoms with Gasteiger partial charge in [0.15, 0.2) is 0 Å². The smallest absolute Gasteiger partial charge is 0.326 e. The summed E-state index contributed by atoms with van der Waals surface area (Å²) in [5, 5.41) is 22.2. The maximum atomic E-state index is 11.6. The van der Waals surface area contributed by atoms with Gasteiger partial charge in [-0.2, -0.15) is 0 Å². The van der Waals surface area contributed by atoms with Crippen LogP contribution in [0.25, 0.3) is 0 Å². The Morgan fingerprint density at radius 3 is 2.37 bits per heavy atom. The van der Waals surface area contributed by atoms with Gasteiger partial charge in [0.05, 0.1) is 6.42 Å². The standard InChI is InChI=1S/C12H20N2O5/c1-12(2)4-3-7(6-12)13-11(19)14-8(10(17)18)5-9(15)16/h7-8H,3-6H2,1-2H3,(H,15,16)(H,17,18)(H2,13,14,19)/t7?,8-/m1/s1. The van der Waals surface area contributed by atoms with E-state index in [-0.39, 0.29) is 11.5 Å². The van der Waals surface area contributed by atoms with Crippen LogP contribution in [-0.2, 0) is 9.59 Å². The third-order valence-electron chi connectivity index (χ3n) is 3.29. The minimum absolute atomic E-state index is 0.00859. The van der Waals surface area contributed by atoms with Gasteiger partial charge in [-0.3, -0.25) is 4.79 Å². The van der Waals surface area contributed by atoms with Crippen molar-refractivity contribution in [1.82, 2.24) is 10.6 Å². The summed E-state index contributed by atoms with van der Waals surface area (Å²) in [5.41, 5.74) is 0.172. The molecule has 0 aromatic rings. The lowest BCUT2D eigenvalue weighted by atomic mass is 9.92. The minimum Gasteiger partial charge on any atom is -0.481 e. The molecular formula is C12H20N2O5. The molecule has 1 rings (SSSR count). The van der Waals surface area contributed by atoms with Gasteiger partial charge < -0.3 is 20.8 Å². The van der Waals surface area contributed by atoms with Crippen LogP contribution in [0.2, 0.25) is 0 Å². The molecule has 0 spiro atoms. The van der Waals surface area contributed by atoms with E-state index in [0.717, 1.165) is 19.3 Å². The molecule has 1 aliphatic rings. The number of aliphatic carboxylic acids is 2. The zero-order chi connectivity index (χ0) is 14.6. The fourth-order valence-corrected chi connectivity index (χ4v) is 2.32. The highest BCUT2D eigenvalue weighted by Gasteiger charge is 2.32. The van der Waals surface area contributed by atoms with Crippen molar-refractivity contribution >= 4 is 18.0 Å². The Labute approximate surface area is 111 Å². The van der Waals surface area contributed by atoms with E-state index < -0.39 is 30.4 Å². The summed E-state index contributed by atoms with van der Waals surface area (Å²) < 4.78 is 0. The molecule has 1 fully saturated rings.